The fourth-order valence-corrected chi connectivity index (χ4v) is 1.98. The number of phenols is 1. The summed E-state index contributed by atoms with van der Waals surface area (Å²) in [6.45, 7) is 0. The van der Waals surface area contributed by atoms with Crippen LogP contribution in [0.4, 0.5) is 5.69 Å². The summed E-state index contributed by atoms with van der Waals surface area (Å²) >= 11 is 0. The molecule has 2 aromatic carbocycles. The third-order valence-corrected chi connectivity index (χ3v) is 2.91. The maximum Gasteiger partial charge on any atom is 0.382 e. The zero-order chi connectivity index (χ0) is 12.6. The van der Waals surface area contributed by atoms with E-state index in [1.807, 2.05) is 0 Å². The van der Waals surface area contributed by atoms with Gasteiger partial charge in [-0.15, -0.1) is 4.47 Å². The first-order valence-corrected chi connectivity index (χ1v) is 5.98. The summed E-state index contributed by atoms with van der Waals surface area (Å²) < 4.78 is 30.1. The molecule has 0 spiro atoms. The third kappa shape index (κ3) is 2.03. The first kappa shape index (κ1) is 11.6. The largest absolute Gasteiger partial charge is 0.506 e. The van der Waals surface area contributed by atoms with Gasteiger partial charge >= 0.3 is 10.3 Å². The molecule has 0 aromatic heterocycles. The molecule has 0 heterocycles. The van der Waals surface area contributed by atoms with E-state index in [0.29, 0.717) is 10.8 Å². The summed E-state index contributed by atoms with van der Waals surface area (Å²) in [7, 11) is -4.84. The number of anilines is 1. The molecule has 0 aliphatic heterocycles. The van der Waals surface area contributed by atoms with Crippen LogP contribution in [0.3, 0.4) is 0 Å². The lowest BCUT2D eigenvalue weighted by atomic mass is 10.1. The minimum Gasteiger partial charge on any atom is -0.506 e. The van der Waals surface area contributed by atoms with Gasteiger partial charge in [-0.1, -0.05) is 30.3 Å². The molecule has 0 saturated carbocycles. The van der Waals surface area contributed by atoms with Crippen molar-refractivity contribution in [3.63, 3.8) is 0 Å². The number of benzene rings is 2. The number of aromatic hydroxyl groups is 1. The van der Waals surface area contributed by atoms with Gasteiger partial charge in [0.1, 0.15) is 11.4 Å². The van der Waals surface area contributed by atoms with Gasteiger partial charge in [-0.05, 0) is 11.5 Å². The number of hydrogen-bond donors (Lipinski definition) is 3. The summed E-state index contributed by atoms with van der Waals surface area (Å²) in [5.74, 6) is -0.455. The molecule has 0 unspecified atom stereocenters. The highest BCUT2D eigenvalue weighted by atomic mass is 32.2. The van der Waals surface area contributed by atoms with Crippen LogP contribution in [0, 0.1) is 0 Å². The molecule has 0 radical (unpaired) electrons. The van der Waals surface area contributed by atoms with Crippen molar-refractivity contribution < 1.29 is 23.3 Å². The topological polar surface area (TPSA) is 98.1 Å². The number of nitrogens with zero attached hydrogens (tertiary/aromatic N) is 1. The summed E-state index contributed by atoms with van der Waals surface area (Å²) in [4.78, 5) is 0. The first-order valence-electron chi connectivity index (χ1n) is 4.58. The van der Waals surface area contributed by atoms with Gasteiger partial charge in [-0.3, -0.25) is 9.76 Å². The predicted octanol–water partition coefficient (Wildman–Crippen LogP) is 1.54. The van der Waals surface area contributed by atoms with E-state index in [2.05, 4.69) is 0 Å². The van der Waals surface area contributed by atoms with E-state index in [-0.39, 0.29) is 10.2 Å². The van der Waals surface area contributed by atoms with Crippen molar-refractivity contribution in [2.45, 2.75) is 0 Å². The Kier molecular flexibility index (Phi) is 2.66. The lowest BCUT2D eigenvalue weighted by Gasteiger charge is -2.16. The van der Waals surface area contributed by atoms with Gasteiger partial charge in [0.05, 0.1) is 0 Å². The van der Waals surface area contributed by atoms with Gasteiger partial charge < -0.3 is 5.11 Å². The molecule has 0 atom stereocenters. The predicted molar refractivity (Wildman–Crippen MR) is 61.4 cm³/mol. The van der Waals surface area contributed by atoms with Gasteiger partial charge in [-0.2, -0.15) is 8.42 Å². The van der Waals surface area contributed by atoms with Crippen LogP contribution in [0.15, 0.2) is 36.4 Å². The van der Waals surface area contributed by atoms with E-state index in [9.17, 15) is 18.7 Å². The Morgan fingerprint density at radius 1 is 1.06 bits per heavy atom. The van der Waals surface area contributed by atoms with E-state index < -0.39 is 16.1 Å². The Hall–Kier alpha value is -1.83. The molecule has 2 rings (SSSR count). The molecule has 17 heavy (non-hydrogen) atoms. The molecule has 2 aromatic rings. The van der Waals surface area contributed by atoms with Crippen molar-refractivity contribution in [1.82, 2.24) is 0 Å². The Bertz CT molecular complexity index is 667. The van der Waals surface area contributed by atoms with Crippen molar-refractivity contribution in [3.8, 4) is 5.75 Å². The van der Waals surface area contributed by atoms with E-state index in [1.54, 1.807) is 24.3 Å². The van der Waals surface area contributed by atoms with Gasteiger partial charge in [0.15, 0.2) is 0 Å². The van der Waals surface area contributed by atoms with E-state index in [4.69, 9.17) is 4.55 Å². The number of hydrogen-bond acceptors (Lipinski definition) is 4. The van der Waals surface area contributed by atoms with Gasteiger partial charge in [-0.25, -0.2) is 0 Å². The average Bonchev–Trinajstić information content (AvgIpc) is 2.27. The van der Waals surface area contributed by atoms with E-state index in [0.717, 1.165) is 0 Å². The highest BCUT2D eigenvalue weighted by Gasteiger charge is 2.22. The average molecular weight is 255 g/mol. The van der Waals surface area contributed by atoms with Gasteiger partial charge in [0.25, 0.3) is 0 Å². The second-order valence-corrected chi connectivity index (χ2v) is 4.62. The molecule has 3 N–H and O–H groups in total. The molecule has 0 fully saturated rings. The zero-order valence-electron chi connectivity index (χ0n) is 8.48. The molecule has 90 valence electrons. The Morgan fingerprint density at radius 2 is 1.71 bits per heavy atom. The minimum atomic E-state index is -4.84. The monoisotopic (exact) mass is 255 g/mol. The number of phenolic OH excluding ortho intramolecular Hbond substituents is 1. The van der Waals surface area contributed by atoms with Crippen molar-refractivity contribution in [2.24, 2.45) is 0 Å². The van der Waals surface area contributed by atoms with Crippen LogP contribution in [0.5, 0.6) is 5.75 Å². The molecule has 0 aliphatic carbocycles. The maximum atomic E-state index is 10.8. The lowest BCUT2D eigenvalue weighted by Crippen LogP contribution is -2.26. The highest BCUT2D eigenvalue weighted by molar-refractivity contribution is 7.87. The third-order valence-electron chi connectivity index (χ3n) is 2.29. The molecule has 0 bridgehead atoms. The second-order valence-electron chi connectivity index (χ2n) is 3.38. The van der Waals surface area contributed by atoms with Crippen molar-refractivity contribution >= 4 is 26.8 Å². The van der Waals surface area contributed by atoms with E-state index in [1.165, 1.54) is 12.1 Å². The van der Waals surface area contributed by atoms with Crippen LogP contribution in [-0.4, -0.2) is 23.3 Å². The molecule has 0 amide bonds. The van der Waals surface area contributed by atoms with Crippen LogP contribution in [0.1, 0.15) is 0 Å². The molecular formula is C10H9NO5S. The van der Waals surface area contributed by atoms with Crippen LogP contribution < -0.4 is 4.47 Å². The SMILES string of the molecule is O=S(=O)(O)N(O)c1c(O)ccc2ccccc12. The van der Waals surface area contributed by atoms with Crippen LogP contribution in [0.25, 0.3) is 10.8 Å². The van der Waals surface area contributed by atoms with Gasteiger partial charge in [0, 0.05) is 5.39 Å². The molecular weight excluding hydrogens is 246 g/mol. The van der Waals surface area contributed by atoms with Crippen molar-refractivity contribution in [3.05, 3.63) is 36.4 Å². The van der Waals surface area contributed by atoms with Crippen molar-refractivity contribution in [2.75, 3.05) is 4.47 Å². The van der Waals surface area contributed by atoms with Gasteiger partial charge in [0.2, 0.25) is 0 Å². The smallest absolute Gasteiger partial charge is 0.382 e. The Balaban J connectivity index is 2.80. The lowest BCUT2D eigenvalue weighted by molar-refractivity contribution is 0.293. The summed E-state index contributed by atoms with van der Waals surface area (Å²) in [6.07, 6.45) is 0. The second kappa shape index (κ2) is 3.88. The van der Waals surface area contributed by atoms with Crippen LogP contribution in [-0.2, 0) is 10.3 Å². The summed E-state index contributed by atoms with van der Waals surface area (Å²) in [5.41, 5.74) is -0.384. The zero-order valence-corrected chi connectivity index (χ0v) is 9.29. The molecule has 0 aliphatic rings. The summed E-state index contributed by atoms with van der Waals surface area (Å²) in [6, 6.07) is 9.31. The Morgan fingerprint density at radius 3 is 2.35 bits per heavy atom. The highest BCUT2D eigenvalue weighted by Crippen LogP contribution is 2.35. The van der Waals surface area contributed by atoms with Crippen molar-refractivity contribution in [1.29, 1.82) is 0 Å². The molecule has 6 nitrogen and oxygen atoms in total. The quantitative estimate of drug-likeness (QED) is 0.558. The first-order chi connectivity index (χ1) is 7.91. The molecule has 7 heteroatoms. The van der Waals surface area contributed by atoms with Crippen LogP contribution >= 0.6 is 0 Å². The number of rotatable bonds is 2. The fourth-order valence-electron chi connectivity index (χ4n) is 1.56. The number of fused-ring (bicyclic) bond motifs is 1. The normalized spacial score (nSPS) is 11.6. The molecule has 0 saturated heterocycles. The fraction of sp³-hybridized carbons (Fsp3) is 0. The van der Waals surface area contributed by atoms with Crippen LogP contribution in [0.2, 0.25) is 0 Å². The summed E-state index contributed by atoms with van der Waals surface area (Å²) in [5, 5.41) is 19.8. The maximum absolute atomic E-state index is 10.8. The minimum absolute atomic E-state index is 0.299. The standard InChI is InChI=1S/C10H9NO5S/c12-9-6-5-7-3-1-2-4-8(7)10(9)11(13)17(14,15)16/h1-6,12-13H,(H,14,15,16). The Labute approximate surface area is 97.2 Å². The van der Waals surface area contributed by atoms with E-state index >= 15 is 0 Å².